The Morgan fingerprint density at radius 2 is 1.90 bits per heavy atom. The number of imidazole rings is 1. The van der Waals surface area contributed by atoms with Crippen LogP contribution in [0.15, 0.2) is 72.9 Å². The Kier molecular flexibility index (Phi) is 7.98. The number of carbonyl (C=O) groups is 1. The smallest absolute Gasteiger partial charge is 0.337 e. The maximum absolute atomic E-state index is 14.1. The van der Waals surface area contributed by atoms with Crippen LogP contribution in [0, 0.1) is 5.82 Å². The second kappa shape index (κ2) is 12.1. The highest BCUT2D eigenvalue weighted by molar-refractivity contribution is 6.30. The number of halogens is 2. The molecule has 1 saturated heterocycles. The molecule has 0 N–H and O–H groups in total. The second-order valence-electron chi connectivity index (χ2n) is 9.67. The van der Waals surface area contributed by atoms with Gasteiger partial charge in [-0.15, -0.1) is 0 Å². The van der Waals surface area contributed by atoms with Crippen molar-refractivity contribution in [2.45, 2.75) is 32.3 Å². The third kappa shape index (κ3) is 6.05. The van der Waals surface area contributed by atoms with Gasteiger partial charge in [-0.25, -0.2) is 24.1 Å². The lowest BCUT2D eigenvalue weighted by Crippen LogP contribution is -2.32. The lowest BCUT2D eigenvalue weighted by atomic mass is 10.1. The van der Waals surface area contributed by atoms with Crippen LogP contribution in [0.25, 0.3) is 22.3 Å². The summed E-state index contributed by atoms with van der Waals surface area (Å²) in [5, 5.41) is 0.324. The number of ether oxygens (including phenoxy) is 4. The Morgan fingerprint density at radius 3 is 2.69 bits per heavy atom. The van der Waals surface area contributed by atoms with Gasteiger partial charge in [0.1, 0.15) is 24.9 Å². The topological polar surface area (TPSA) is 97.6 Å². The molecule has 0 bridgehead atoms. The van der Waals surface area contributed by atoms with Crippen molar-refractivity contribution in [2.75, 3.05) is 13.7 Å². The van der Waals surface area contributed by atoms with Gasteiger partial charge in [-0.3, -0.25) is 0 Å². The van der Waals surface area contributed by atoms with E-state index in [0.29, 0.717) is 46.0 Å². The average Bonchev–Trinajstić information content (AvgIpc) is 3.33. The van der Waals surface area contributed by atoms with E-state index in [1.54, 1.807) is 48.7 Å². The van der Waals surface area contributed by atoms with E-state index >= 15 is 0 Å². The summed E-state index contributed by atoms with van der Waals surface area (Å²) in [4.78, 5) is 25.8. The molecule has 5 aromatic rings. The SMILES string of the molecule is COC(=O)c1ccc2nc(COc3cc(-c4cccc(OCc5ccc(Cl)cc5F)n4)ccn3)n(C[C@@H]3CCO3)c2c1. The van der Waals surface area contributed by atoms with Crippen LogP contribution < -0.4 is 9.47 Å². The van der Waals surface area contributed by atoms with Crippen molar-refractivity contribution in [1.29, 1.82) is 0 Å². The van der Waals surface area contributed by atoms with Crippen LogP contribution in [-0.2, 0) is 29.2 Å². The first-order valence-corrected chi connectivity index (χ1v) is 13.7. The van der Waals surface area contributed by atoms with E-state index in [9.17, 15) is 9.18 Å². The number of hydrogen-bond donors (Lipinski definition) is 0. The molecule has 1 aliphatic rings. The van der Waals surface area contributed by atoms with Gasteiger partial charge in [0.15, 0.2) is 0 Å². The standard InChI is InChI=1S/C31H26ClFN4O5/c1-39-31(38)20-6-8-26-27(13-20)37(16-23-10-12-40-23)28(35-26)18-42-30-14-19(9-11-34-30)25-3-2-4-29(36-25)41-17-21-5-7-22(32)15-24(21)33/h2-9,11,13-15,23H,10,12,16-18H2,1H3/t23-/m0/s1. The lowest BCUT2D eigenvalue weighted by Gasteiger charge is -2.27. The van der Waals surface area contributed by atoms with Crippen molar-refractivity contribution in [3.05, 3.63) is 101 Å². The summed E-state index contributed by atoms with van der Waals surface area (Å²) in [5.74, 6) is 0.561. The fourth-order valence-electron chi connectivity index (χ4n) is 4.60. The molecule has 214 valence electrons. The molecule has 3 aromatic heterocycles. The first-order valence-electron chi connectivity index (χ1n) is 13.3. The van der Waals surface area contributed by atoms with Crippen LogP contribution in [0.5, 0.6) is 11.8 Å². The second-order valence-corrected chi connectivity index (χ2v) is 10.1. The van der Waals surface area contributed by atoms with Crippen LogP contribution >= 0.6 is 11.6 Å². The van der Waals surface area contributed by atoms with Gasteiger partial charge in [0, 0.05) is 41.1 Å². The average molecular weight is 589 g/mol. The van der Waals surface area contributed by atoms with Crippen molar-refractivity contribution >= 4 is 28.6 Å². The summed E-state index contributed by atoms with van der Waals surface area (Å²) in [7, 11) is 1.35. The quantitative estimate of drug-likeness (QED) is 0.183. The van der Waals surface area contributed by atoms with Gasteiger partial charge >= 0.3 is 5.97 Å². The van der Waals surface area contributed by atoms with E-state index < -0.39 is 11.8 Å². The minimum Gasteiger partial charge on any atom is -0.473 e. The van der Waals surface area contributed by atoms with Crippen molar-refractivity contribution in [3.63, 3.8) is 0 Å². The summed E-state index contributed by atoms with van der Waals surface area (Å²) >= 11 is 5.83. The highest BCUT2D eigenvalue weighted by Crippen LogP contribution is 2.26. The molecule has 0 aliphatic carbocycles. The third-order valence-corrected chi connectivity index (χ3v) is 7.16. The molecule has 4 heterocycles. The predicted molar refractivity (Wildman–Crippen MR) is 153 cm³/mol. The van der Waals surface area contributed by atoms with Crippen molar-refractivity contribution in [2.24, 2.45) is 0 Å². The molecule has 0 spiro atoms. The normalized spacial score (nSPS) is 14.4. The Balaban J connectivity index is 1.19. The molecule has 0 radical (unpaired) electrons. The van der Waals surface area contributed by atoms with Gasteiger partial charge in [0.25, 0.3) is 0 Å². The number of nitrogens with zero attached hydrogens (tertiary/aromatic N) is 4. The maximum atomic E-state index is 14.1. The molecular weight excluding hydrogens is 563 g/mol. The number of benzene rings is 2. The zero-order valence-electron chi connectivity index (χ0n) is 22.6. The first-order chi connectivity index (χ1) is 20.5. The molecule has 2 aromatic carbocycles. The monoisotopic (exact) mass is 588 g/mol. The van der Waals surface area contributed by atoms with E-state index in [4.69, 9.17) is 35.5 Å². The van der Waals surface area contributed by atoms with E-state index in [-0.39, 0.29) is 19.3 Å². The minimum atomic E-state index is -0.438. The number of rotatable bonds is 10. The van der Waals surface area contributed by atoms with Gasteiger partial charge < -0.3 is 23.5 Å². The molecule has 1 atom stereocenters. The zero-order chi connectivity index (χ0) is 29.1. The Hall–Kier alpha value is -4.54. The van der Waals surface area contributed by atoms with E-state index in [1.807, 2.05) is 22.8 Å². The largest absolute Gasteiger partial charge is 0.473 e. The lowest BCUT2D eigenvalue weighted by molar-refractivity contribution is -0.0592. The molecule has 0 unspecified atom stereocenters. The summed E-state index contributed by atoms with van der Waals surface area (Å²) in [6, 6.07) is 18.7. The molecule has 0 amide bonds. The van der Waals surface area contributed by atoms with Crippen LogP contribution in [0.4, 0.5) is 4.39 Å². The van der Waals surface area contributed by atoms with Crippen molar-refractivity contribution in [3.8, 4) is 23.0 Å². The van der Waals surface area contributed by atoms with E-state index in [2.05, 4.69) is 9.97 Å². The number of aromatic nitrogens is 4. The van der Waals surface area contributed by atoms with Crippen LogP contribution in [-0.4, -0.2) is 45.3 Å². The third-order valence-electron chi connectivity index (χ3n) is 6.92. The molecule has 0 saturated carbocycles. The van der Waals surface area contributed by atoms with Crippen molar-refractivity contribution in [1.82, 2.24) is 19.5 Å². The van der Waals surface area contributed by atoms with Gasteiger partial charge in [-0.1, -0.05) is 23.7 Å². The van der Waals surface area contributed by atoms with Crippen LogP contribution in [0.2, 0.25) is 5.02 Å². The van der Waals surface area contributed by atoms with E-state index in [1.165, 1.54) is 13.2 Å². The van der Waals surface area contributed by atoms with Crippen LogP contribution in [0.3, 0.4) is 0 Å². The number of hydrogen-bond acceptors (Lipinski definition) is 8. The Morgan fingerprint density at radius 1 is 1.05 bits per heavy atom. The maximum Gasteiger partial charge on any atom is 0.337 e. The molecule has 1 fully saturated rings. The van der Waals surface area contributed by atoms with E-state index in [0.717, 1.165) is 29.6 Å². The predicted octanol–water partition coefficient (Wildman–Crippen LogP) is 6.02. The van der Waals surface area contributed by atoms with Gasteiger partial charge in [0.05, 0.1) is 42.0 Å². The molecule has 9 nitrogen and oxygen atoms in total. The molecule has 6 rings (SSSR count). The van der Waals surface area contributed by atoms with Crippen molar-refractivity contribution < 1.29 is 28.1 Å². The van der Waals surface area contributed by atoms with Crippen LogP contribution in [0.1, 0.15) is 28.2 Å². The number of esters is 1. The highest BCUT2D eigenvalue weighted by atomic mass is 35.5. The van der Waals surface area contributed by atoms with Gasteiger partial charge in [-0.2, -0.15) is 0 Å². The Bertz CT molecular complexity index is 1760. The fourth-order valence-corrected chi connectivity index (χ4v) is 4.75. The molecule has 42 heavy (non-hydrogen) atoms. The number of pyridine rings is 2. The summed E-state index contributed by atoms with van der Waals surface area (Å²) in [6.45, 7) is 1.47. The summed E-state index contributed by atoms with van der Waals surface area (Å²) in [6.07, 6.45) is 2.66. The Labute approximate surface area is 245 Å². The summed E-state index contributed by atoms with van der Waals surface area (Å²) in [5.41, 5.74) is 3.76. The summed E-state index contributed by atoms with van der Waals surface area (Å²) < 4.78 is 38.5. The highest BCUT2D eigenvalue weighted by Gasteiger charge is 2.23. The number of carbonyl (C=O) groups excluding carboxylic acids is 1. The first kappa shape index (κ1) is 27.6. The minimum absolute atomic E-state index is 0.0121. The molecule has 11 heteroatoms. The molecule has 1 aliphatic heterocycles. The zero-order valence-corrected chi connectivity index (χ0v) is 23.4. The number of methoxy groups -OCH3 is 1. The fraction of sp³-hybridized carbons (Fsp3) is 0.226. The number of fused-ring (bicyclic) bond motifs is 1. The van der Waals surface area contributed by atoms with Gasteiger partial charge in [0.2, 0.25) is 11.8 Å². The molecular formula is C31H26ClFN4O5. The van der Waals surface area contributed by atoms with Gasteiger partial charge in [-0.05, 0) is 48.9 Å².